The van der Waals surface area contributed by atoms with Crippen molar-refractivity contribution in [2.24, 2.45) is 0 Å². The highest BCUT2D eigenvalue weighted by Gasteiger charge is 2.42. The minimum atomic E-state index is -4.61. The number of nitrogens with zero attached hydrogens (tertiary/aromatic N) is 4. The topological polar surface area (TPSA) is 116 Å². The normalized spacial score (nSPS) is 20.1. The summed E-state index contributed by atoms with van der Waals surface area (Å²) in [6, 6.07) is 7.21. The lowest BCUT2D eigenvalue weighted by molar-refractivity contribution is -0.137. The zero-order valence-corrected chi connectivity index (χ0v) is 24.8. The number of hydrogen-bond donors (Lipinski definition) is 2. The van der Waals surface area contributed by atoms with E-state index in [2.05, 4.69) is 14.7 Å². The number of halogens is 5. The predicted octanol–water partition coefficient (Wildman–Crippen LogP) is 5.30. The van der Waals surface area contributed by atoms with Crippen LogP contribution in [0.1, 0.15) is 48.3 Å². The first kappa shape index (κ1) is 33.1. The van der Waals surface area contributed by atoms with Gasteiger partial charge in [-0.1, -0.05) is 6.07 Å². The maximum atomic E-state index is 15.2. The van der Waals surface area contributed by atoms with Crippen LogP contribution in [0.4, 0.5) is 33.5 Å². The summed E-state index contributed by atoms with van der Waals surface area (Å²) in [6.07, 6.45) is 1.38. The molecule has 0 bridgehead atoms. The molecular formula is C29H32F5N5O4S. The number of hydrogen-bond acceptors (Lipinski definition) is 7. The van der Waals surface area contributed by atoms with Crippen molar-refractivity contribution >= 4 is 28.0 Å². The Kier molecular flexibility index (Phi) is 9.78. The Hall–Kier alpha value is -3.85. The third kappa shape index (κ3) is 7.09. The molecule has 1 aromatic heterocycles. The van der Waals surface area contributed by atoms with Gasteiger partial charge in [0.1, 0.15) is 23.8 Å². The number of alkyl halides is 3. The van der Waals surface area contributed by atoms with E-state index in [1.165, 1.54) is 18.3 Å². The van der Waals surface area contributed by atoms with E-state index in [9.17, 15) is 21.6 Å². The van der Waals surface area contributed by atoms with E-state index < -0.39 is 43.8 Å². The quantitative estimate of drug-likeness (QED) is 0.264. The van der Waals surface area contributed by atoms with E-state index in [1.807, 2.05) is 23.9 Å². The molecule has 1 fully saturated rings. The molecule has 0 unspecified atom stereocenters. The third-order valence-electron chi connectivity index (χ3n) is 8.24. The zero-order valence-electron chi connectivity index (χ0n) is 24.0. The van der Waals surface area contributed by atoms with E-state index in [1.54, 1.807) is 6.07 Å². The van der Waals surface area contributed by atoms with Crippen LogP contribution in [0.5, 0.6) is 0 Å². The van der Waals surface area contributed by atoms with Gasteiger partial charge in [-0.05, 0) is 93.6 Å². The lowest BCUT2D eigenvalue weighted by Crippen LogP contribution is -2.57. The van der Waals surface area contributed by atoms with Crippen molar-refractivity contribution in [3.63, 3.8) is 0 Å². The molecule has 5 rings (SSSR count). The smallest absolute Gasteiger partial charge is 0.416 e. The number of carbonyl (C=O) groups is 1. The number of anilines is 2. The second kappa shape index (κ2) is 13.0. The number of likely N-dealkylation sites (N-methyl/N-ethyl adjacent to an activating group) is 1. The summed E-state index contributed by atoms with van der Waals surface area (Å²) in [7, 11) is -0.806. The van der Waals surface area contributed by atoms with Crippen molar-refractivity contribution in [1.82, 2.24) is 14.9 Å². The van der Waals surface area contributed by atoms with Gasteiger partial charge in [-0.2, -0.15) is 13.2 Å². The van der Waals surface area contributed by atoms with Crippen LogP contribution in [0.2, 0.25) is 0 Å². The predicted molar refractivity (Wildman–Crippen MR) is 153 cm³/mol. The highest BCUT2D eigenvalue weighted by molar-refractivity contribution is 7.92. The van der Waals surface area contributed by atoms with Crippen LogP contribution in [-0.2, 0) is 27.4 Å². The molecule has 9 nitrogen and oxygen atoms in total. The second-order valence-electron chi connectivity index (χ2n) is 11.0. The summed E-state index contributed by atoms with van der Waals surface area (Å²) >= 11 is 0. The van der Waals surface area contributed by atoms with E-state index >= 15 is 8.78 Å². The maximum Gasteiger partial charge on any atom is 0.416 e. The molecule has 15 heteroatoms. The van der Waals surface area contributed by atoms with Crippen molar-refractivity contribution in [2.75, 3.05) is 36.8 Å². The molecule has 2 N–H and O–H groups in total. The number of aryl methyl sites for hydroxylation is 1. The largest absolute Gasteiger partial charge is 0.483 e. The van der Waals surface area contributed by atoms with Gasteiger partial charge in [-0.3, -0.25) is 9.52 Å². The molecule has 0 saturated carbocycles. The molecule has 0 amide bonds. The maximum absolute atomic E-state index is 15.2. The van der Waals surface area contributed by atoms with Crippen molar-refractivity contribution < 1.29 is 40.3 Å². The number of nitrogens with one attached hydrogen (secondary N) is 1. The average Bonchev–Trinajstić information content (AvgIpc) is 3.34. The first-order valence-corrected chi connectivity index (χ1v) is 15.2. The van der Waals surface area contributed by atoms with E-state index in [4.69, 9.17) is 9.90 Å². The molecule has 1 saturated heterocycles. The first-order chi connectivity index (χ1) is 20.7. The first-order valence-electron chi connectivity index (χ1n) is 13.7. The van der Waals surface area contributed by atoms with Crippen LogP contribution >= 0.6 is 0 Å². The van der Waals surface area contributed by atoms with E-state index in [0.29, 0.717) is 37.9 Å². The Bertz CT molecular complexity index is 1570. The summed E-state index contributed by atoms with van der Waals surface area (Å²) in [5.74, 6) is -2.71. The number of aromatic nitrogens is 2. The molecule has 2 atom stereocenters. The third-order valence-corrected chi connectivity index (χ3v) is 9.65. The highest BCUT2D eigenvalue weighted by Crippen LogP contribution is 2.45. The van der Waals surface area contributed by atoms with Crippen molar-refractivity contribution in [3.05, 3.63) is 77.2 Å². The van der Waals surface area contributed by atoms with Crippen LogP contribution in [0.15, 0.2) is 53.8 Å². The van der Waals surface area contributed by atoms with Crippen molar-refractivity contribution in [3.8, 4) is 0 Å². The molecule has 2 aliphatic rings. The Morgan fingerprint density at radius 2 is 1.84 bits per heavy atom. The molecule has 1 aliphatic heterocycles. The van der Waals surface area contributed by atoms with Gasteiger partial charge in [-0.25, -0.2) is 27.2 Å². The van der Waals surface area contributed by atoms with Gasteiger partial charge >= 0.3 is 6.18 Å². The molecular weight excluding hydrogens is 609 g/mol. The second-order valence-corrected chi connectivity index (χ2v) is 12.7. The summed E-state index contributed by atoms with van der Waals surface area (Å²) < 4.78 is 98.3. The lowest BCUT2D eigenvalue weighted by atomic mass is 9.77. The van der Waals surface area contributed by atoms with Gasteiger partial charge in [0.25, 0.3) is 16.5 Å². The molecule has 44 heavy (non-hydrogen) atoms. The molecule has 2 aromatic carbocycles. The highest BCUT2D eigenvalue weighted by atomic mass is 32.2. The number of rotatable bonds is 7. The molecule has 0 radical (unpaired) electrons. The monoisotopic (exact) mass is 641 g/mol. The van der Waals surface area contributed by atoms with E-state index in [-0.39, 0.29) is 23.9 Å². The molecule has 238 valence electrons. The van der Waals surface area contributed by atoms with Gasteiger partial charge in [0.05, 0.1) is 5.56 Å². The summed E-state index contributed by atoms with van der Waals surface area (Å²) in [6.45, 7) is 0.605. The lowest BCUT2D eigenvalue weighted by Gasteiger charge is -2.49. The summed E-state index contributed by atoms with van der Waals surface area (Å²) in [5, 5.41) is 6.89. The van der Waals surface area contributed by atoms with Crippen molar-refractivity contribution in [2.45, 2.75) is 54.6 Å². The van der Waals surface area contributed by atoms with Crippen LogP contribution in [-0.4, -0.2) is 67.6 Å². The van der Waals surface area contributed by atoms with Crippen LogP contribution in [0.25, 0.3) is 0 Å². The van der Waals surface area contributed by atoms with Gasteiger partial charge in [0, 0.05) is 30.5 Å². The number of fused-ring (bicyclic) bond motifs is 1. The standard InChI is InChI=1S/C28H30F5N5O2S.CH2O2/c1-37(2)27(15-19-5-4-18-6-7-20(12-22(18)19)28(31,32)33)9-3-11-38(16-27)21-13-23(29)26(24(30)14-21)41(39,40)36-25-8-10-34-17-35-25;2-1-3/h6-8,10,12-14,17,19H,3-5,9,11,15-16H2,1-2H3,(H,34,35,36);1H,(H,2,3)/t19-,27+;/m1./s1. The van der Waals surface area contributed by atoms with Gasteiger partial charge in [0.15, 0.2) is 4.90 Å². The Balaban J connectivity index is 0.00000141. The number of sulfonamides is 1. The zero-order chi connectivity index (χ0) is 32.3. The average molecular weight is 642 g/mol. The minimum absolute atomic E-state index is 0.0940. The Morgan fingerprint density at radius 3 is 2.43 bits per heavy atom. The van der Waals surface area contributed by atoms with Gasteiger partial charge in [0.2, 0.25) is 0 Å². The summed E-state index contributed by atoms with van der Waals surface area (Å²) in [4.78, 5) is 18.5. The molecule has 3 aromatic rings. The van der Waals surface area contributed by atoms with Crippen LogP contribution in [0, 0.1) is 11.6 Å². The number of carboxylic acid groups (broad SMARTS) is 1. The SMILES string of the molecule is CN(C)[C@]1(C[C@H]2CCc3ccc(C(F)(F)F)cc32)CCCN(c2cc(F)c(S(=O)(=O)Nc3ccncn3)c(F)c2)C1.O=CO. The van der Waals surface area contributed by atoms with Gasteiger partial charge in [-0.15, -0.1) is 0 Å². The summed E-state index contributed by atoms with van der Waals surface area (Å²) in [5.41, 5.74) is 0.674. The fourth-order valence-electron chi connectivity index (χ4n) is 6.11. The number of benzene rings is 2. The molecule has 2 heterocycles. The fraction of sp³-hybridized carbons (Fsp3) is 0.414. The Morgan fingerprint density at radius 1 is 1.16 bits per heavy atom. The van der Waals surface area contributed by atoms with Crippen molar-refractivity contribution in [1.29, 1.82) is 0 Å². The minimum Gasteiger partial charge on any atom is -0.483 e. The molecule has 0 spiro atoms. The van der Waals surface area contributed by atoms with E-state index in [0.717, 1.165) is 42.9 Å². The number of piperidine rings is 1. The van der Waals surface area contributed by atoms with Crippen LogP contribution < -0.4 is 9.62 Å². The van der Waals surface area contributed by atoms with Gasteiger partial charge < -0.3 is 14.9 Å². The molecule has 1 aliphatic carbocycles. The fourth-order valence-corrected chi connectivity index (χ4v) is 7.24. The van der Waals surface area contributed by atoms with Crippen LogP contribution in [0.3, 0.4) is 0 Å². The Labute approximate surface area is 251 Å².